The van der Waals surface area contributed by atoms with Gasteiger partial charge >= 0.3 is 5.97 Å². The summed E-state index contributed by atoms with van der Waals surface area (Å²) in [5.41, 5.74) is 4.06. The van der Waals surface area contributed by atoms with Gasteiger partial charge in [-0.1, -0.05) is 52.3 Å². The monoisotopic (exact) mass is 465 g/mol. The minimum Gasteiger partial charge on any atom is -0.465 e. The van der Waals surface area contributed by atoms with Gasteiger partial charge in [0.05, 0.1) is 18.7 Å². The van der Waals surface area contributed by atoms with Crippen LogP contribution in [0, 0.1) is 0 Å². The van der Waals surface area contributed by atoms with Crippen molar-refractivity contribution < 1.29 is 9.53 Å². The van der Waals surface area contributed by atoms with Gasteiger partial charge in [-0.25, -0.2) is 4.79 Å². The Balaban J connectivity index is 1.67. The van der Waals surface area contributed by atoms with Crippen LogP contribution in [0.4, 0.5) is 5.69 Å². The van der Waals surface area contributed by atoms with E-state index in [0.717, 1.165) is 16.6 Å². The van der Waals surface area contributed by atoms with Crippen molar-refractivity contribution in [2.45, 2.75) is 12.5 Å². The zero-order valence-electron chi connectivity index (χ0n) is 15.9. The van der Waals surface area contributed by atoms with E-state index in [1.54, 1.807) is 23.5 Å². The molecular formula is C24H20BrNO2S. The molecule has 1 heterocycles. The fourth-order valence-corrected chi connectivity index (χ4v) is 4.97. The van der Waals surface area contributed by atoms with Gasteiger partial charge in [0.15, 0.2) is 0 Å². The maximum Gasteiger partial charge on any atom is 0.337 e. The lowest BCUT2D eigenvalue weighted by Gasteiger charge is -2.20. The molecule has 1 unspecified atom stereocenters. The predicted molar refractivity (Wildman–Crippen MR) is 124 cm³/mol. The zero-order valence-corrected chi connectivity index (χ0v) is 18.3. The second-order valence-corrected chi connectivity index (χ2v) is 8.61. The molecule has 29 heavy (non-hydrogen) atoms. The lowest BCUT2D eigenvalue weighted by Crippen LogP contribution is -2.13. The summed E-state index contributed by atoms with van der Waals surface area (Å²) < 4.78 is 7.14. The van der Waals surface area contributed by atoms with Crippen LogP contribution in [0.15, 0.2) is 82.6 Å². The van der Waals surface area contributed by atoms with Crippen LogP contribution in [-0.2, 0) is 11.2 Å². The van der Waals surface area contributed by atoms with Crippen molar-refractivity contribution in [2.24, 2.45) is 0 Å². The second kappa shape index (κ2) is 8.80. The SMILES string of the molecule is COC(=O)c1ccc(NC(Cc2ccccc2)c2csc3cc(Br)ccc23)cc1. The average Bonchev–Trinajstić information content (AvgIpc) is 3.17. The van der Waals surface area contributed by atoms with Crippen LogP contribution < -0.4 is 5.32 Å². The van der Waals surface area contributed by atoms with E-state index in [9.17, 15) is 4.79 Å². The van der Waals surface area contributed by atoms with E-state index in [2.05, 4.69) is 69.1 Å². The lowest BCUT2D eigenvalue weighted by atomic mass is 9.98. The Bertz CT molecular complexity index is 1120. The summed E-state index contributed by atoms with van der Waals surface area (Å²) in [5.74, 6) is -0.327. The molecular weight excluding hydrogens is 446 g/mol. The van der Waals surface area contributed by atoms with E-state index in [1.165, 1.54) is 28.3 Å². The quantitative estimate of drug-likeness (QED) is 0.316. The van der Waals surface area contributed by atoms with Crippen molar-refractivity contribution in [1.82, 2.24) is 0 Å². The number of halogens is 1. The summed E-state index contributed by atoms with van der Waals surface area (Å²) in [6.07, 6.45) is 0.863. The smallest absolute Gasteiger partial charge is 0.337 e. The van der Waals surface area contributed by atoms with Gasteiger partial charge in [0.25, 0.3) is 0 Å². The minimum atomic E-state index is -0.327. The largest absolute Gasteiger partial charge is 0.465 e. The Morgan fingerprint density at radius 2 is 1.83 bits per heavy atom. The molecule has 0 aliphatic heterocycles. The molecule has 4 rings (SSSR count). The van der Waals surface area contributed by atoms with Gasteiger partial charge in [0.2, 0.25) is 0 Å². The molecule has 0 spiro atoms. The number of nitrogens with one attached hydrogen (secondary N) is 1. The number of ether oxygens (including phenoxy) is 1. The molecule has 0 saturated heterocycles. The number of carbonyl (C=O) groups is 1. The summed E-state index contributed by atoms with van der Waals surface area (Å²) >= 11 is 5.32. The van der Waals surface area contributed by atoms with Crippen LogP contribution in [0.2, 0.25) is 0 Å². The molecule has 1 aromatic heterocycles. The number of carbonyl (C=O) groups excluding carboxylic acids is 1. The molecule has 0 amide bonds. The van der Waals surface area contributed by atoms with Crippen molar-refractivity contribution in [2.75, 3.05) is 12.4 Å². The van der Waals surface area contributed by atoms with Crippen LogP contribution in [0.25, 0.3) is 10.1 Å². The highest BCUT2D eigenvalue weighted by Crippen LogP contribution is 2.35. The van der Waals surface area contributed by atoms with Gasteiger partial charge in [-0.05, 0) is 64.7 Å². The second-order valence-electron chi connectivity index (χ2n) is 6.79. The molecule has 146 valence electrons. The van der Waals surface area contributed by atoms with Crippen molar-refractivity contribution in [3.05, 3.63) is 99.3 Å². The van der Waals surface area contributed by atoms with Crippen LogP contribution in [0.1, 0.15) is 27.5 Å². The number of hydrogen-bond acceptors (Lipinski definition) is 4. The first-order chi connectivity index (χ1) is 14.1. The number of anilines is 1. The van der Waals surface area contributed by atoms with E-state index >= 15 is 0 Å². The maximum absolute atomic E-state index is 11.7. The van der Waals surface area contributed by atoms with E-state index in [4.69, 9.17) is 4.74 Å². The van der Waals surface area contributed by atoms with Gasteiger partial charge < -0.3 is 10.1 Å². The Hall–Kier alpha value is -2.63. The molecule has 0 aliphatic carbocycles. The number of hydrogen-bond donors (Lipinski definition) is 1. The van der Waals surface area contributed by atoms with E-state index < -0.39 is 0 Å². The van der Waals surface area contributed by atoms with Crippen molar-refractivity contribution in [3.63, 3.8) is 0 Å². The third kappa shape index (κ3) is 4.52. The minimum absolute atomic E-state index is 0.108. The third-order valence-corrected chi connectivity index (χ3v) is 6.33. The molecule has 3 aromatic carbocycles. The molecule has 0 bridgehead atoms. The highest BCUT2D eigenvalue weighted by molar-refractivity contribution is 9.10. The zero-order chi connectivity index (χ0) is 20.2. The Morgan fingerprint density at radius 3 is 2.55 bits per heavy atom. The maximum atomic E-state index is 11.7. The normalized spacial score (nSPS) is 11.9. The predicted octanol–water partition coefficient (Wildman–Crippen LogP) is 6.85. The standard InChI is InChI=1S/C24H20BrNO2S/c1-28-24(27)17-7-10-19(11-8-17)26-22(13-16-5-3-2-4-6-16)21-15-29-23-14-18(25)9-12-20(21)23/h2-12,14-15,22,26H,13H2,1H3. The summed E-state index contributed by atoms with van der Waals surface area (Å²) in [6, 6.07) is 24.4. The fourth-order valence-electron chi connectivity index (χ4n) is 3.40. The number of rotatable bonds is 6. The molecule has 5 heteroatoms. The molecule has 0 aliphatic rings. The topological polar surface area (TPSA) is 38.3 Å². The molecule has 1 atom stereocenters. The van der Waals surface area contributed by atoms with E-state index in [1.807, 2.05) is 18.2 Å². The van der Waals surface area contributed by atoms with Crippen LogP contribution >= 0.6 is 27.3 Å². The average molecular weight is 466 g/mol. The summed E-state index contributed by atoms with van der Waals surface area (Å²) in [5, 5.41) is 7.16. The van der Waals surface area contributed by atoms with Gasteiger partial charge in [-0.15, -0.1) is 11.3 Å². The van der Waals surface area contributed by atoms with E-state index in [-0.39, 0.29) is 12.0 Å². The number of thiophene rings is 1. The molecule has 1 N–H and O–H groups in total. The molecule has 0 saturated carbocycles. The summed E-state index contributed by atoms with van der Waals surface area (Å²) in [4.78, 5) is 11.7. The number of esters is 1. The Kier molecular flexibility index (Phi) is 5.97. The molecule has 4 aromatic rings. The molecule has 3 nitrogen and oxygen atoms in total. The van der Waals surface area contributed by atoms with Crippen molar-refractivity contribution in [3.8, 4) is 0 Å². The first-order valence-electron chi connectivity index (χ1n) is 9.29. The van der Waals surface area contributed by atoms with Gasteiger partial charge in [-0.3, -0.25) is 0 Å². The van der Waals surface area contributed by atoms with Gasteiger partial charge in [0.1, 0.15) is 0 Å². The van der Waals surface area contributed by atoms with Crippen LogP contribution in [0.5, 0.6) is 0 Å². The van der Waals surface area contributed by atoms with Crippen molar-refractivity contribution in [1.29, 1.82) is 0 Å². The highest BCUT2D eigenvalue weighted by atomic mass is 79.9. The first-order valence-corrected chi connectivity index (χ1v) is 11.0. The number of fused-ring (bicyclic) bond motifs is 1. The Labute approximate surface area is 182 Å². The Morgan fingerprint density at radius 1 is 1.07 bits per heavy atom. The van der Waals surface area contributed by atoms with E-state index in [0.29, 0.717) is 5.56 Å². The molecule has 0 radical (unpaired) electrons. The van der Waals surface area contributed by atoms with Crippen LogP contribution in [0.3, 0.4) is 0 Å². The van der Waals surface area contributed by atoms with Gasteiger partial charge in [-0.2, -0.15) is 0 Å². The number of methoxy groups -OCH3 is 1. The third-order valence-electron chi connectivity index (χ3n) is 4.87. The highest BCUT2D eigenvalue weighted by Gasteiger charge is 2.17. The number of benzene rings is 3. The lowest BCUT2D eigenvalue weighted by molar-refractivity contribution is 0.0601. The summed E-state index contributed by atoms with van der Waals surface area (Å²) in [7, 11) is 1.39. The first kappa shape index (κ1) is 19.7. The van der Waals surface area contributed by atoms with Crippen LogP contribution in [-0.4, -0.2) is 13.1 Å². The summed E-state index contributed by atoms with van der Waals surface area (Å²) in [6.45, 7) is 0. The van der Waals surface area contributed by atoms with Crippen molar-refractivity contribution >= 4 is 49.0 Å². The molecule has 0 fully saturated rings. The fraction of sp³-hybridized carbons (Fsp3) is 0.125. The van der Waals surface area contributed by atoms with Gasteiger partial charge in [0, 0.05) is 14.9 Å².